The summed E-state index contributed by atoms with van der Waals surface area (Å²) in [4.78, 5) is 35.3. The monoisotopic (exact) mass is 361 g/mol. The lowest BCUT2D eigenvalue weighted by atomic mass is 10.2. The number of nitrogens with one attached hydrogen (secondary N) is 2. The van der Waals surface area contributed by atoms with Gasteiger partial charge in [-0.3, -0.25) is 19.7 Å². The van der Waals surface area contributed by atoms with E-state index in [1.165, 1.54) is 31.0 Å². The van der Waals surface area contributed by atoms with E-state index in [9.17, 15) is 19.7 Å². The van der Waals surface area contributed by atoms with Crippen LogP contribution >= 0.6 is 11.8 Å². The third-order valence-corrected chi connectivity index (χ3v) is 3.90. The molecule has 0 unspecified atom stereocenters. The normalized spacial score (nSPS) is 10.0. The predicted octanol–water partition coefficient (Wildman–Crippen LogP) is 2.90. The highest BCUT2D eigenvalue weighted by Gasteiger charge is 2.18. The predicted molar refractivity (Wildman–Crippen MR) is 95.1 cm³/mol. The third kappa shape index (κ3) is 4.70. The standard InChI is InChI=1S/C16H15N3O5S/c1-24-14-7-6-11(19(22)23)9-13(14)18-16(21)15(20)17-10-4-3-5-12(8-10)25-2/h3-9H,1-2H3,(H,17,20)(H,18,21). The average Bonchev–Trinajstić information content (AvgIpc) is 2.61. The summed E-state index contributed by atoms with van der Waals surface area (Å²) in [5.74, 6) is -1.66. The molecule has 0 spiro atoms. The minimum Gasteiger partial charge on any atom is -0.495 e. The Morgan fingerprint density at radius 2 is 1.84 bits per heavy atom. The third-order valence-electron chi connectivity index (χ3n) is 3.18. The van der Waals surface area contributed by atoms with Gasteiger partial charge < -0.3 is 15.4 Å². The molecule has 0 aromatic heterocycles. The number of carbonyl (C=O) groups excluding carboxylic acids is 2. The van der Waals surface area contributed by atoms with E-state index < -0.39 is 16.7 Å². The highest BCUT2D eigenvalue weighted by molar-refractivity contribution is 7.98. The lowest BCUT2D eigenvalue weighted by molar-refractivity contribution is -0.384. The summed E-state index contributed by atoms with van der Waals surface area (Å²) in [6, 6.07) is 10.7. The minimum atomic E-state index is -0.964. The molecule has 0 saturated heterocycles. The molecule has 9 heteroatoms. The Bertz CT molecular complexity index is 825. The van der Waals surface area contributed by atoms with Crippen LogP contribution in [0.4, 0.5) is 17.1 Å². The Hall–Kier alpha value is -3.07. The number of amides is 2. The van der Waals surface area contributed by atoms with E-state index in [2.05, 4.69) is 10.6 Å². The molecule has 0 heterocycles. The number of nitro benzene ring substituents is 1. The van der Waals surface area contributed by atoms with Crippen molar-refractivity contribution in [1.82, 2.24) is 0 Å². The van der Waals surface area contributed by atoms with E-state index in [0.29, 0.717) is 5.69 Å². The number of thioether (sulfide) groups is 1. The van der Waals surface area contributed by atoms with Crippen LogP contribution in [0.2, 0.25) is 0 Å². The van der Waals surface area contributed by atoms with Crippen LogP contribution in [-0.2, 0) is 9.59 Å². The molecule has 0 fully saturated rings. The van der Waals surface area contributed by atoms with Crippen LogP contribution in [-0.4, -0.2) is 30.1 Å². The van der Waals surface area contributed by atoms with Gasteiger partial charge in [-0.25, -0.2) is 0 Å². The highest BCUT2D eigenvalue weighted by atomic mass is 32.2. The Morgan fingerprint density at radius 3 is 2.48 bits per heavy atom. The number of anilines is 2. The van der Waals surface area contributed by atoms with Crippen molar-refractivity contribution in [2.75, 3.05) is 24.0 Å². The molecule has 0 saturated carbocycles. The van der Waals surface area contributed by atoms with E-state index in [4.69, 9.17) is 4.74 Å². The molecular formula is C16H15N3O5S. The van der Waals surface area contributed by atoms with Gasteiger partial charge in [0.05, 0.1) is 17.7 Å². The topological polar surface area (TPSA) is 111 Å². The van der Waals surface area contributed by atoms with Crippen molar-refractivity contribution in [2.24, 2.45) is 0 Å². The van der Waals surface area contributed by atoms with Crippen molar-refractivity contribution in [2.45, 2.75) is 4.90 Å². The second-order valence-corrected chi connectivity index (χ2v) is 5.66. The van der Waals surface area contributed by atoms with Gasteiger partial charge in [0.15, 0.2) is 0 Å². The van der Waals surface area contributed by atoms with Crippen LogP contribution in [0.1, 0.15) is 0 Å². The summed E-state index contributed by atoms with van der Waals surface area (Å²) < 4.78 is 5.04. The second kappa shape index (κ2) is 8.15. The number of benzene rings is 2. The van der Waals surface area contributed by atoms with Crippen LogP contribution in [0.25, 0.3) is 0 Å². The van der Waals surface area contributed by atoms with Crippen molar-refractivity contribution in [3.8, 4) is 5.75 Å². The zero-order chi connectivity index (χ0) is 18.4. The Balaban J connectivity index is 2.14. The van der Waals surface area contributed by atoms with Crippen LogP contribution in [0.3, 0.4) is 0 Å². The first-order valence-electron chi connectivity index (χ1n) is 7.03. The smallest absolute Gasteiger partial charge is 0.314 e. The van der Waals surface area contributed by atoms with Crippen LogP contribution in [0.15, 0.2) is 47.4 Å². The van der Waals surface area contributed by atoms with Gasteiger partial charge in [0.1, 0.15) is 5.75 Å². The van der Waals surface area contributed by atoms with Crippen molar-refractivity contribution in [3.05, 3.63) is 52.6 Å². The fraction of sp³-hybridized carbons (Fsp3) is 0.125. The molecular weight excluding hydrogens is 346 g/mol. The highest BCUT2D eigenvalue weighted by Crippen LogP contribution is 2.28. The molecule has 0 aliphatic carbocycles. The summed E-state index contributed by atoms with van der Waals surface area (Å²) in [7, 11) is 1.35. The van der Waals surface area contributed by atoms with Gasteiger partial charge in [-0.1, -0.05) is 6.07 Å². The molecule has 2 N–H and O–H groups in total. The molecule has 2 aromatic rings. The first-order valence-corrected chi connectivity index (χ1v) is 8.26. The molecule has 130 valence electrons. The zero-order valence-corrected chi connectivity index (χ0v) is 14.3. The quantitative estimate of drug-likeness (QED) is 0.367. The number of ether oxygens (including phenoxy) is 1. The van der Waals surface area contributed by atoms with Crippen molar-refractivity contribution >= 4 is 40.6 Å². The first kappa shape index (κ1) is 18.3. The number of rotatable bonds is 5. The number of methoxy groups -OCH3 is 1. The molecule has 0 aliphatic heterocycles. The van der Waals surface area contributed by atoms with Crippen molar-refractivity contribution in [3.63, 3.8) is 0 Å². The fourth-order valence-electron chi connectivity index (χ4n) is 1.97. The molecule has 8 nitrogen and oxygen atoms in total. The van der Waals surface area contributed by atoms with E-state index >= 15 is 0 Å². The van der Waals surface area contributed by atoms with Crippen LogP contribution in [0.5, 0.6) is 5.75 Å². The molecule has 2 amide bonds. The molecule has 0 atom stereocenters. The van der Waals surface area contributed by atoms with Gasteiger partial charge in [0.2, 0.25) is 0 Å². The molecule has 25 heavy (non-hydrogen) atoms. The summed E-state index contributed by atoms with van der Waals surface area (Å²) >= 11 is 1.50. The second-order valence-electron chi connectivity index (χ2n) is 4.78. The Labute approximate surface area is 147 Å². The molecule has 2 aromatic carbocycles. The SMILES string of the molecule is COc1ccc([N+](=O)[O-])cc1NC(=O)C(=O)Nc1cccc(SC)c1. The number of nitro groups is 1. The molecule has 0 bridgehead atoms. The summed E-state index contributed by atoms with van der Waals surface area (Å²) in [6.45, 7) is 0. The van der Waals surface area contributed by atoms with Gasteiger partial charge >= 0.3 is 11.8 Å². The number of non-ortho nitro benzene ring substituents is 1. The Morgan fingerprint density at radius 1 is 1.12 bits per heavy atom. The molecule has 2 rings (SSSR count). The number of hydrogen-bond donors (Lipinski definition) is 2. The fourth-order valence-corrected chi connectivity index (χ4v) is 2.43. The van der Waals surface area contributed by atoms with E-state index in [-0.39, 0.29) is 17.1 Å². The van der Waals surface area contributed by atoms with Gasteiger partial charge in [-0.05, 0) is 30.5 Å². The van der Waals surface area contributed by atoms with Gasteiger partial charge in [-0.2, -0.15) is 0 Å². The molecule has 0 aliphatic rings. The van der Waals surface area contributed by atoms with Crippen molar-refractivity contribution < 1.29 is 19.2 Å². The van der Waals surface area contributed by atoms with Gasteiger partial charge in [0, 0.05) is 22.7 Å². The van der Waals surface area contributed by atoms with Gasteiger partial charge in [0.25, 0.3) is 5.69 Å². The minimum absolute atomic E-state index is 0.0368. The van der Waals surface area contributed by atoms with Gasteiger partial charge in [-0.15, -0.1) is 11.8 Å². The van der Waals surface area contributed by atoms with E-state index in [1.807, 2.05) is 12.3 Å². The van der Waals surface area contributed by atoms with E-state index in [0.717, 1.165) is 11.0 Å². The average molecular weight is 361 g/mol. The summed E-state index contributed by atoms with van der Waals surface area (Å²) in [6.07, 6.45) is 1.89. The summed E-state index contributed by atoms with van der Waals surface area (Å²) in [5, 5.41) is 15.6. The van der Waals surface area contributed by atoms with Crippen LogP contribution in [0, 0.1) is 10.1 Å². The number of nitrogens with zero attached hydrogens (tertiary/aromatic N) is 1. The maximum atomic E-state index is 12.1. The van der Waals surface area contributed by atoms with Crippen molar-refractivity contribution in [1.29, 1.82) is 0 Å². The number of hydrogen-bond acceptors (Lipinski definition) is 6. The first-order chi connectivity index (χ1) is 11.9. The summed E-state index contributed by atoms with van der Waals surface area (Å²) in [5.41, 5.74) is 0.275. The Kier molecular flexibility index (Phi) is 5.96. The maximum Gasteiger partial charge on any atom is 0.314 e. The number of carbonyl (C=O) groups is 2. The van der Waals surface area contributed by atoms with Crippen LogP contribution < -0.4 is 15.4 Å². The lowest BCUT2D eigenvalue weighted by Gasteiger charge is -2.10. The largest absolute Gasteiger partial charge is 0.495 e. The van der Waals surface area contributed by atoms with E-state index in [1.54, 1.807) is 18.2 Å². The lowest BCUT2D eigenvalue weighted by Crippen LogP contribution is -2.29. The maximum absolute atomic E-state index is 12.1. The zero-order valence-electron chi connectivity index (χ0n) is 13.4. The molecule has 0 radical (unpaired) electrons.